The van der Waals surface area contributed by atoms with E-state index in [1.807, 2.05) is 0 Å². The molecule has 2 aromatic carbocycles. The van der Waals surface area contributed by atoms with Crippen molar-refractivity contribution in [1.29, 1.82) is 0 Å². The molecule has 122 valence electrons. The fraction of sp³-hybridized carbons (Fsp3) is 0.0588. The van der Waals surface area contributed by atoms with Gasteiger partial charge in [-0.05, 0) is 48.5 Å². The molecule has 0 radical (unpaired) electrons. The Labute approximate surface area is 141 Å². The maximum absolute atomic E-state index is 12.2. The van der Waals surface area contributed by atoms with Crippen LogP contribution in [0.15, 0.2) is 52.9 Å². The van der Waals surface area contributed by atoms with Crippen molar-refractivity contribution in [3.05, 3.63) is 59.3 Å². The average molecular weight is 346 g/mol. The molecule has 0 atom stereocenters. The number of ether oxygens (including phenoxy) is 1. The summed E-state index contributed by atoms with van der Waals surface area (Å²) in [6, 6.07) is 13.1. The number of fused-ring (bicyclic) bond motifs is 1. The van der Waals surface area contributed by atoms with Gasteiger partial charge in [0.1, 0.15) is 11.3 Å². The van der Waals surface area contributed by atoms with Gasteiger partial charge in [0.25, 0.3) is 5.91 Å². The lowest BCUT2D eigenvalue weighted by Crippen LogP contribution is -2.11. The summed E-state index contributed by atoms with van der Waals surface area (Å²) in [6.07, 6.45) is 0. The highest BCUT2D eigenvalue weighted by Gasteiger charge is 2.13. The summed E-state index contributed by atoms with van der Waals surface area (Å²) in [5.74, 6) is -0.897. The number of nitrogens with one attached hydrogen (secondary N) is 1. The molecule has 0 spiro atoms. The summed E-state index contributed by atoms with van der Waals surface area (Å²) in [7, 11) is 0. The van der Waals surface area contributed by atoms with E-state index in [1.165, 1.54) is 0 Å². The number of benzene rings is 2. The van der Waals surface area contributed by atoms with E-state index in [2.05, 4.69) is 5.32 Å². The third-order valence-corrected chi connectivity index (χ3v) is 3.41. The van der Waals surface area contributed by atoms with E-state index in [4.69, 9.17) is 25.9 Å². The van der Waals surface area contributed by atoms with Gasteiger partial charge in [-0.1, -0.05) is 11.6 Å². The maximum Gasteiger partial charge on any atom is 0.341 e. The van der Waals surface area contributed by atoms with E-state index in [9.17, 15) is 9.59 Å². The molecule has 1 heterocycles. The molecule has 0 fully saturated rings. The molecule has 6 nitrogen and oxygen atoms in total. The second-order valence-corrected chi connectivity index (χ2v) is 5.39. The first-order valence-electron chi connectivity index (χ1n) is 6.96. The Hall–Kier alpha value is -2.99. The molecule has 1 amide bonds. The fourth-order valence-corrected chi connectivity index (χ4v) is 2.28. The van der Waals surface area contributed by atoms with Crippen molar-refractivity contribution in [3.63, 3.8) is 0 Å². The highest BCUT2D eigenvalue weighted by atomic mass is 35.5. The Balaban J connectivity index is 1.70. The van der Waals surface area contributed by atoms with Crippen LogP contribution in [0.5, 0.6) is 5.75 Å². The van der Waals surface area contributed by atoms with E-state index < -0.39 is 18.5 Å². The molecule has 0 unspecified atom stereocenters. The Morgan fingerprint density at radius 2 is 1.88 bits per heavy atom. The molecule has 0 aliphatic rings. The van der Waals surface area contributed by atoms with Gasteiger partial charge in [-0.2, -0.15) is 0 Å². The number of rotatable bonds is 5. The molecular weight excluding hydrogens is 334 g/mol. The Kier molecular flexibility index (Phi) is 4.39. The Morgan fingerprint density at radius 1 is 1.12 bits per heavy atom. The lowest BCUT2D eigenvalue weighted by atomic mass is 10.2. The predicted octanol–water partition coefficient (Wildman–Crippen LogP) is 3.80. The Bertz CT molecular complexity index is 901. The van der Waals surface area contributed by atoms with Crippen LogP contribution in [0.2, 0.25) is 5.02 Å². The second-order valence-electron chi connectivity index (χ2n) is 4.95. The van der Waals surface area contributed by atoms with Gasteiger partial charge in [-0.25, -0.2) is 4.79 Å². The standard InChI is InChI=1S/C17H12ClNO5/c18-11-1-6-14-10(7-11)8-15(24-14)17(22)19-12-2-4-13(5-3-12)23-9-16(20)21/h1-8H,9H2,(H,19,22)(H,20,21). The number of anilines is 1. The van der Waals surface area contributed by atoms with E-state index in [1.54, 1.807) is 48.5 Å². The van der Waals surface area contributed by atoms with E-state index in [-0.39, 0.29) is 5.76 Å². The molecule has 0 saturated carbocycles. The molecule has 3 aromatic rings. The second kappa shape index (κ2) is 6.64. The Morgan fingerprint density at radius 3 is 2.58 bits per heavy atom. The number of amides is 1. The van der Waals surface area contributed by atoms with Gasteiger partial charge >= 0.3 is 5.97 Å². The number of carboxylic acid groups (broad SMARTS) is 1. The zero-order chi connectivity index (χ0) is 17.1. The van der Waals surface area contributed by atoms with Crippen molar-refractivity contribution < 1.29 is 23.8 Å². The van der Waals surface area contributed by atoms with Crippen molar-refractivity contribution in [2.24, 2.45) is 0 Å². The fourth-order valence-electron chi connectivity index (χ4n) is 2.10. The molecule has 1 aromatic heterocycles. The van der Waals surface area contributed by atoms with Crippen molar-refractivity contribution in [2.45, 2.75) is 0 Å². The number of hydrogen-bond donors (Lipinski definition) is 2. The summed E-state index contributed by atoms with van der Waals surface area (Å²) >= 11 is 5.91. The number of halogens is 1. The first kappa shape index (κ1) is 15.9. The quantitative estimate of drug-likeness (QED) is 0.734. The zero-order valence-corrected chi connectivity index (χ0v) is 13.0. The predicted molar refractivity (Wildman–Crippen MR) is 88.8 cm³/mol. The average Bonchev–Trinajstić information content (AvgIpc) is 2.97. The van der Waals surface area contributed by atoms with Crippen LogP contribution in [-0.2, 0) is 4.79 Å². The van der Waals surface area contributed by atoms with Crippen LogP contribution in [0.25, 0.3) is 11.0 Å². The van der Waals surface area contributed by atoms with Gasteiger partial charge in [0.2, 0.25) is 0 Å². The van der Waals surface area contributed by atoms with Crippen molar-refractivity contribution in [1.82, 2.24) is 0 Å². The van der Waals surface area contributed by atoms with Crippen LogP contribution in [0.3, 0.4) is 0 Å². The van der Waals surface area contributed by atoms with Crippen LogP contribution >= 0.6 is 11.6 Å². The van der Waals surface area contributed by atoms with Gasteiger partial charge in [0.05, 0.1) is 0 Å². The van der Waals surface area contributed by atoms with E-state index in [0.717, 1.165) is 5.39 Å². The van der Waals surface area contributed by atoms with Crippen LogP contribution < -0.4 is 10.1 Å². The first-order chi connectivity index (χ1) is 11.5. The van der Waals surface area contributed by atoms with Crippen LogP contribution in [0, 0.1) is 0 Å². The summed E-state index contributed by atoms with van der Waals surface area (Å²) < 4.78 is 10.5. The van der Waals surface area contributed by atoms with Gasteiger partial charge < -0.3 is 19.6 Å². The number of furan rings is 1. The van der Waals surface area contributed by atoms with E-state index >= 15 is 0 Å². The minimum Gasteiger partial charge on any atom is -0.482 e. The summed E-state index contributed by atoms with van der Waals surface area (Å²) in [5.41, 5.74) is 1.10. The topological polar surface area (TPSA) is 88.8 Å². The largest absolute Gasteiger partial charge is 0.482 e. The zero-order valence-electron chi connectivity index (χ0n) is 12.3. The third-order valence-electron chi connectivity index (χ3n) is 3.18. The smallest absolute Gasteiger partial charge is 0.341 e. The summed E-state index contributed by atoms with van der Waals surface area (Å²) in [4.78, 5) is 22.7. The minimum absolute atomic E-state index is 0.165. The van der Waals surface area contributed by atoms with Crippen LogP contribution in [0.4, 0.5) is 5.69 Å². The van der Waals surface area contributed by atoms with Crippen molar-refractivity contribution in [3.8, 4) is 5.75 Å². The first-order valence-corrected chi connectivity index (χ1v) is 7.34. The molecule has 0 bridgehead atoms. The van der Waals surface area contributed by atoms with E-state index in [0.29, 0.717) is 22.0 Å². The van der Waals surface area contributed by atoms with Gasteiger partial charge in [-0.15, -0.1) is 0 Å². The summed E-state index contributed by atoms with van der Waals surface area (Å²) in [5, 5.41) is 12.5. The number of carboxylic acids is 1. The van der Waals surface area contributed by atoms with Crippen LogP contribution in [0.1, 0.15) is 10.6 Å². The van der Waals surface area contributed by atoms with Crippen LogP contribution in [-0.4, -0.2) is 23.6 Å². The molecule has 24 heavy (non-hydrogen) atoms. The van der Waals surface area contributed by atoms with Gasteiger partial charge in [0.15, 0.2) is 12.4 Å². The number of hydrogen-bond acceptors (Lipinski definition) is 4. The number of aliphatic carboxylic acids is 1. The van der Waals surface area contributed by atoms with Crippen molar-refractivity contribution in [2.75, 3.05) is 11.9 Å². The molecule has 0 aliphatic heterocycles. The normalized spacial score (nSPS) is 10.5. The molecule has 2 N–H and O–H groups in total. The molecule has 7 heteroatoms. The lowest BCUT2D eigenvalue weighted by molar-refractivity contribution is -0.139. The lowest BCUT2D eigenvalue weighted by Gasteiger charge is -2.06. The third kappa shape index (κ3) is 3.67. The summed E-state index contributed by atoms with van der Waals surface area (Å²) in [6.45, 7) is -0.423. The number of carbonyl (C=O) groups is 2. The molecular formula is C17H12ClNO5. The van der Waals surface area contributed by atoms with Gasteiger partial charge in [0, 0.05) is 16.1 Å². The minimum atomic E-state index is -1.06. The molecule has 0 saturated heterocycles. The highest BCUT2D eigenvalue weighted by molar-refractivity contribution is 6.31. The molecule has 0 aliphatic carbocycles. The monoisotopic (exact) mass is 345 g/mol. The van der Waals surface area contributed by atoms with Crippen molar-refractivity contribution >= 4 is 40.1 Å². The SMILES string of the molecule is O=C(O)COc1ccc(NC(=O)c2cc3cc(Cl)ccc3o2)cc1. The van der Waals surface area contributed by atoms with Gasteiger partial charge in [-0.3, -0.25) is 4.79 Å². The highest BCUT2D eigenvalue weighted by Crippen LogP contribution is 2.24. The molecule has 3 rings (SSSR count). The maximum atomic E-state index is 12.2. The number of carbonyl (C=O) groups excluding carboxylic acids is 1.